The molecule has 1 aliphatic rings. The Kier molecular flexibility index (Phi) is 4.51. The Balaban J connectivity index is 1.97. The van der Waals surface area contributed by atoms with Crippen LogP contribution in [0.25, 0.3) is 0 Å². The van der Waals surface area contributed by atoms with Crippen molar-refractivity contribution in [2.75, 3.05) is 6.54 Å². The molecular weight excluding hydrogens is 212 g/mol. The summed E-state index contributed by atoms with van der Waals surface area (Å²) in [6, 6.07) is 6.48. The first kappa shape index (κ1) is 12.5. The summed E-state index contributed by atoms with van der Waals surface area (Å²) in [6.07, 6.45) is 5.89. The van der Waals surface area contributed by atoms with Crippen molar-refractivity contribution in [3.63, 3.8) is 0 Å². The molecule has 94 valence electrons. The number of hydrogen-bond acceptors (Lipinski definition) is 3. The molecule has 2 rings (SSSR count). The van der Waals surface area contributed by atoms with Crippen LogP contribution >= 0.6 is 0 Å². The van der Waals surface area contributed by atoms with Gasteiger partial charge in [0.1, 0.15) is 0 Å². The standard InChI is InChI=1S/C14H22N2O/c1-3-15-13(14-8-7-11(2)17-14)10-12-6-4-5-9-16-12/h4-6,9,11,13-15H,3,7-8,10H2,1-2H3. The molecule has 3 atom stereocenters. The largest absolute Gasteiger partial charge is 0.374 e. The first-order valence-corrected chi connectivity index (χ1v) is 6.58. The van der Waals surface area contributed by atoms with Crippen molar-refractivity contribution in [3.8, 4) is 0 Å². The minimum absolute atomic E-state index is 0.340. The van der Waals surface area contributed by atoms with E-state index < -0.39 is 0 Å². The van der Waals surface area contributed by atoms with Gasteiger partial charge in [0.25, 0.3) is 0 Å². The first-order chi connectivity index (χ1) is 8.29. The van der Waals surface area contributed by atoms with Gasteiger partial charge in [-0.2, -0.15) is 0 Å². The third-order valence-electron chi connectivity index (χ3n) is 3.34. The summed E-state index contributed by atoms with van der Waals surface area (Å²) in [7, 11) is 0. The van der Waals surface area contributed by atoms with Gasteiger partial charge in [0, 0.05) is 24.4 Å². The molecule has 3 nitrogen and oxygen atoms in total. The lowest BCUT2D eigenvalue weighted by molar-refractivity contribution is 0.0322. The second-order valence-corrected chi connectivity index (χ2v) is 4.75. The summed E-state index contributed by atoms with van der Waals surface area (Å²) in [5.74, 6) is 0. The van der Waals surface area contributed by atoms with Gasteiger partial charge in [0.2, 0.25) is 0 Å². The molecule has 0 bridgehead atoms. The quantitative estimate of drug-likeness (QED) is 0.848. The fourth-order valence-electron chi connectivity index (χ4n) is 2.47. The average Bonchev–Trinajstić information content (AvgIpc) is 2.77. The molecule has 1 saturated heterocycles. The summed E-state index contributed by atoms with van der Waals surface area (Å²) in [5.41, 5.74) is 1.14. The fraction of sp³-hybridized carbons (Fsp3) is 0.643. The Morgan fingerprint density at radius 3 is 2.94 bits per heavy atom. The van der Waals surface area contributed by atoms with Gasteiger partial charge in [-0.1, -0.05) is 13.0 Å². The van der Waals surface area contributed by atoms with Gasteiger partial charge >= 0.3 is 0 Å². The van der Waals surface area contributed by atoms with E-state index in [2.05, 4.69) is 30.2 Å². The third-order valence-corrected chi connectivity index (χ3v) is 3.34. The lowest BCUT2D eigenvalue weighted by Gasteiger charge is -2.24. The van der Waals surface area contributed by atoms with Gasteiger partial charge in [0.05, 0.1) is 12.2 Å². The van der Waals surface area contributed by atoms with E-state index in [0.717, 1.165) is 25.1 Å². The van der Waals surface area contributed by atoms with E-state index in [9.17, 15) is 0 Å². The van der Waals surface area contributed by atoms with Gasteiger partial charge in [-0.05, 0) is 38.4 Å². The van der Waals surface area contributed by atoms with Crippen molar-refractivity contribution in [1.82, 2.24) is 10.3 Å². The molecule has 0 radical (unpaired) electrons. The van der Waals surface area contributed by atoms with Crippen LogP contribution in [0, 0.1) is 0 Å². The van der Waals surface area contributed by atoms with E-state index in [1.165, 1.54) is 6.42 Å². The van der Waals surface area contributed by atoms with Crippen LogP contribution in [0.2, 0.25) is 0 Å². The second-order valence-electron chi connectivity index (χ2n) is 4.75. The SMILES string of the molecule is CCNC(Cc1ccccn1)C1CCC(C)O1. The Hall–Kier alpha value is -0.930. The molecule has 3 unspecified atom stereocenters. The van der Waals surface area contributed by atoms with Crippen molar-refractivity contribution in [3.05, 3.63) is 30.1 Å². The van der Waals surface area contributed by atoms with Crippen LogP contribution in [0.4, 0.5) is 0 Å². The van der Waals surface area contributed by atoms with Crippen LogP contribution in [0.15, 0.2) is 24.4 Å². The minimum atomic E-state index is 0.340. The van der Waals surface area contributed by atoms with Crippen LogP contribution in [0.3, 0.4) is 0 Å². The number of pyridine rings is 1. The molecule has 3 heteroatoms. The highest BCUT2D eigenvalue weighted by Gasteiger charge is 2.29. The first-order valence-electron chi connectivity index (χ1n) is 6.58. The van der Waals surface area contributed by atoms with E-state index in [4.69, 9.17) is 4.74 Å². The van der Waals surface area contributed by atoms with Crippen molar-refractivity contribution in [2.24, 2.45) is 0 Å². The number of nitrogens with one attached hydrogen (secondary N) is 1. The molecule has 0 saturated carbocycles. The highest BCUT2D eigenvalue weighted by Crippen LogP contribution is 2.23. The van der Waals surface area contributed by atoms with E-state index in [1.54, 1.807) is 0 Å². The van der Waals surface area contributed by atoms with E-state index in [0.29, 0.717) is 18.2 Å². The summed E-state index contributed by atoms with van der Waals surface area (Å²) < 4.78 is 5.96. The van der Waals surface area contributed by atoms with Gasteiger partial charge in [-0.3, -0.25) is 4.98 Å². The zero-order valence-electron chi connectivity index (χ0n) is 10.7. The lowest BCUT2D eigenvalue weighted by atomic mass is 10.0. The zero-order valence-corrected chi connectivity index (χ0v) is 10.7. The van der Waals surface area contributed by atoms with Gasteiger partial charge in [-0.15, -0.1) is 0 Å². The number of ether oxygens (including phenoxy) is 1. The molecular formula is C14H22N2O. The number of nitrogens with zero attached hydrogens (tertiary/aromatic N) is 1. The summed E-state index contributed by atoms with van der Waals surface area (Å²) in [5, 5.41) is 3.53. The molecule has 0 aliphatic carbocycles. The van der Waals surface area contributed by atoms with Crippen LogP contribution in [-0.4, -0.2) is 29.8 Å². The topological polar surface area (TPSA) is 34.2 Å². The summed E-state index contributed by atoms with van der Waals surface area (Å²) >= 11 is 0. The Bertz CT molecular complexity index is 328. The smallest absolute Gasteiger partial charge is 0.0736 e. The van der Waals surface area contributed by atoms with E-state index in [-0.39, 0.29) is 0 Å². The van der Waals surface area contributed by atoms with Crippen LogP contribution < -0.4 is 5.32 Å². The maximum atomic E-state index is 5.96. The Labute approximate surface area is 104 Å². The molecule has 1 aliphatic heterocycles. The molecule has 1 N–H and O–H groups in total. The van der Waals surface area contributed by atoms with E-state index in [1.807, 2.05) is 18.3 Å². The maximum absolute atomic E-state index is 5.96. The van der Waals surface area contributed by atoms with Gasteiger partial charge < -0.3 is 10.1 Å². The number of rotatable bonds is 5. The predicted molar refractivity (Wildman–Crippen MR) is 69.0 cm³/mol. The number of likely N-dealkylation sites (N-methyl/N-ethyl adjacent to an activating group) is 1. The Morgan fingerprint density at radius 1 is 1.47 bits per heavy atom. The fourth-order valence-corrected chi connectivity index (χ4v) is 2.47. The van der Waals surface area contributed by atoms with Crippen LogP contribution in [0.5, 0.6) is 0 Å². The van der Waals surface area contributed by atoms with Crippen LogP contribution in [-0.2, 0) is 11.2 Å². The number of hydrogen-bond donors (Lipinski definition) is 1. The summed E-state index contributed by atoms with van der Waals surface area (Å²) in [6.45, 7) is 5.28. The molecule has 17 heavy (non-hydrogen) atoms. The second kappa shape index (κ2) is 6.12. The normalized spacial score (nSPS) is 26.0. The maximum Gasteiger partial charge on any atom is 0.0736 e. The predicted octanol–water partition coefficient (Wildman–Crippen LogP) is 2.17. The molecule has 1 fully saturated rings. The lowest BCUT2D eigenvalue weighted by Crippen LogP contribution is -2.41. The van der Waals surface area contributed by atoms with Gasteiger partial charge in [-0.25, -0.2) is 0 Å². The van der Waals surface area contributed by atoms with Gasteiger partial charge in [0.15, 0.2) is 0 Å². The summed E-state index contributed by atoms with van der Waals surface area (Å²) in [4.78, 5) is 4.40. The molecule has 2 heterocycles. The van der Waals surface area contributed by atoms with Crippen molar-refractivity contribution < 1.29 is 4.74 Å². The Morgan fingerprint density at radius 2 is 2.35 bits per heavy atom. The average molecular weight is 234 g/mol. The molecule has 0 amide bonds. The minimum Gasteiger partial charge on any atom is -0.374 e. The molecule has 0 spiro atoms. The molecule has 0 aromatic carbocycles. The number of aromatic nitrogens is 1. The van der Waals surface area contributed by atoms with E-state index >= 15 is 0 Å². The third kappa shape index (κ3) is 3.51. The zero-order chi connectivity index (χ0) is 12.1. The highest BCUT2D eigenvalue weighted by atomic mass is 16.5. The molecule has 1 aromatic rings. The molecule has 1 aromatic heterocycles. The van der Waals surface area contributed by atoms with Crippen LogP contribution in [0.1, 0.15) is 32.4 Å². The van der Waals surface area contributed by atoms with Crippen molar-refractivity contribution >= 4 is 0 Å². The van der Waals surface area contributed by atoms with Crippen molar-refractivity contribution in [2.45, 2.75) is 51.4 Å². The van der Waals surface area contributed by atoms with Crippen molar-refractivity contribution in [1.29, 1.82) is 0 Å². The monoisotopic (exact) mass is 234 g/mol. The highest BCUT2D eigenvalue weighted by molar-refractivity contribution is 5.06.